The molecule has 7 rings (SSSR count). The summed E-state index contributed by atoms with van der Waals surface area (Å²) in [4.78, 5) is 19.2. The number of rotatable bonds is 11. The fraction of sp³-hybridized carbons (Fsp3) is 0.389. The van der Waals surface area contributed by atoms with Gasteiger partial charge in [0.05, 0.1) is 30.7 Å². The lowest BCUT2D eigenvalue weighted by Crippen LogP contribution is -2.46. The summed E-state index contributed by atoms with van der Waals surface area (Å²) in [5.41, 5.74) is 5.08. The Balaban J connectivity index is 0.921. The molecule has 2 saturated heterocycles. The van der Waals surface area contributed by atoms with Crippen molar-refractivity contribution in [2.45, 2.75) is 51.7 Å². The Kier molecular flexibility index (Phi) is 9.00. The summed E-state index contributed by atoms with van der Waals surface area (Å²) in [6.07, 6.45) is 5.52. The number of hydrogen-bond donors (Lipinski definition) is 0. The van der Waals surface area contributed by atoms with Crippen LogP contribution in [-0.4, -0.2) is 74.8 Å². The molecule has 250 valence electrons. The van der Waals surface area contributed by atoms with E-state index in [1.807, 2.05) is 49.4 Å². The standard InChI is InChI=1S/C36H42N8O4/c1-4-28(3)44-35(45)42(26-39-44)31-11-9-29(10-12-31)40-19-21-41(22-20-40)30-13-15-32(16-14-30)46-23-33-24-47-36(48-33,25-43-37-17-18-38-43)34-8-6-5-7-27(34)2/h5-18,26,28,33H,4,19-25H2,1-3H3. The van der Waals surface area contributed by atoms with Gasteiger partial charge in [-0.25, -0.2) is 14.0 Å². The van der Waals surface area contributed by atoms with Crippen LogP contribution in [0.5, 0.6) is 5.75 Å². The molecule has 0 N–H and O–H groups in total. The zero-order valence-corrected chi connectivity index (χ0v) is 27.7. The van der Waals surface area contributed by atoms with E-state index in [4.69, 9.17) is 14.2 Å². The average molecular weight is 651 g/mol. The van der Waals surface area contributed by atoms with Crippen LogP contribution in [-0.2, 0) is 21.8 Å². The van der Waals surface area contributed by atoms with Crippen molar-refractivity contribution in [1.29, 1.82) is 0 Å². The highest BCUT2D eigenvalue weighted by molar-refractivity contribution is 5.54. The lowest BCUT2D eigenvalue weighted by atomic mass is 10.0. The van der Waals surface area contributed by atoms with Crippen LogP contribution in [0.1, 0.15) is 37.4 Å². The molecule has 2 aliphatic rings. The lowest BCUT2D eigenvalue weighted by molar-refractivity contribution is -0.192. The first-order valence-electron chi connectivity index (χ1n) is 16.6. The first-order valence-corrected chi connectivity index (χ1v) is 16.6. The van der Waals surface area contributed by atoms with Gasteiger partial charge in [-0.05, 0) is 74.4 Å². The maximum absolute atomic E-state index is 12.8. The van der Waals surface area contributed by atoms with Gasteiger partial charge in [-0.2, -0.15) is 20.1 Å². The zero-order valence-electron chi connectivity index (χ0n) is 27.7. The molecule has 48 heavy (non-hydrogen) atoms. The van der Waals surface area contributed by atoms with E-state index in [0.29, 0.717) is 19.8 Å². The fourth-order valence-corrected chi connectivity index (χ4v) is 6.43. The van der Waals surface area contributed by atoms with Crippen LogP contribution < -0.4 is 20.2 Å². The summed E-state index contributed by atoms with van der Waals surface area (Å²) < 4.78 is 22.2. The maximum atomic E-state index is 12.8. The van der Waals surface area contributed by atoms with Crippen molar-refractivity contribution in [3.8, 4) is 11.4 Å². The van der Waals surface area contributed by atoms with Crippen molar-refractivity contribution in [2.24, 2.45) is 0 Å². The van der Waals surface area contributed by atoms with Gasteiger partial charge < -0.3 is 24.0 Å². The second kappa shape index (κ2) is 13.7. The van der Waals surface area contributed by atoms with Gasteiger partial charge in [0.1, 0.15) is 31.3 Å². The highest BCUT2D eigenvalue weighted by atomic mass is 16.8. The highest BCUT2D eigenvalue weighted by Crippen LogP contribution is 2.37. The fourth-order valence-electron chi connectivity index (χ4n) is 6.43. The van der Waals surface area contributed by atoms with Gasteiger partial charge in [0, 0.05) is 43.1 Å². The quantitative estimate of drug-likeness (QED) is 0.203. The van der Waals surface area contributed by atoms with Crippen LogP contribution in [0.2, 0.25) is 0 Å². The summed E-state index contributed by atoms with van der Waals surface area (Å²) in [6, 6.07) is 24.6. The van der Waals surface area contributed by atoms with Crippen molar-refractivity contribution in [3.05, 3.63) is 113 Å². The number of ether oxygens (including phenoxy) is 3. The molecule has 2 fully saturated rings. The van der Waals surface area contributed by atoms with Crippen molar-refractivity contribution in [1.82, 2.24) is 29.3 Å². The molecule has 5 aromatic rings. The molecule has 3 unspecified atom stereocenters. The molecule has 3 aromatic carbocycles. The van der Waals surface area contributed by atoms with Crippen molar-refractivity contribution in [3.63, 3.8) is 0 Å². The van der Waals surface area contributed by atoms with E-state index in [0.717, 1.165) is 60.9 Å². The van der Waals surface area contributed by atoms with Gasteiger partial charge in [-0.3, -0.25) is 0 Å². The van der Waals surface area contributed by atoms with E-state index in [9.17, 15) is 4.79 Å². The molecule has 4 heterocycles. The third-order valence-electron chi connectivity index (χ3n) is 9.34. The molecule has 12 heteroatoms. The number of anilines is 2. The first-order chi connectivity index (χ1) is 23.4. The largest absolute Gasteiger partial charge is 0.491 e. The number of aromatic nitrogens is 6. The average Bonchev–Trinajstić information content (AvgIpc) is 3.89. The molecule has 0 bridgehead atoms. The highest BCUT2D eigenvalue weighted by Gasteiger charge is 2.45. The van der Waals surface area contributed by atoms with Crippen LogP contribution in [0.15, 0.2) is 96.3 Å². The van der Waals surface area contributed by atoms with Crippen LogP contribution in [0.25, 0.3) is 5.69 Å². The van der Waals surface area contributed by atoms with E-state index < -0.39 is 5.79 Å². The van der Waals surface area contributed by atoms with E-state index in [2.05, 4.69) is 69.3 Å². The molecular weight excluding hydrogens is 608 g/mol. The smallest absolute Gasteiger partial charge is 0.350 e. The van der Waals surface area contributed by atoms with Crippen LogP contribution in [0.4, 0.5) is 11.4 Å². The molecule has 3 atom stereocenters. The number of piperazine rings is 1. The molecule has 0 saturated carbocycles. The van der Waals surface area contributed by atoms with Gasteiger partial charge in [0.25, 0.3) is 0 Å². The number of hydrogen-bond acceptors (Lipinski definition) is 9. The lowest BCUT2D eigenvalue weighted by Gasteiger charge is -2.37. The van der Waals surface area contributed by atoms with E-state index >= 15 is 0 Å². The Labute approximate surface area is 280 Å². The van der Waals surface area contributed by atoms with Gasteiger partial charge in [-0.15, -0.1) is 0 Å². The second-order valence-electron chi connectivity index (χ2n) is 12.5. The Morgan fingerprint density at radius 1 is 0.875 bits per heavy atom. The second-order valence-corrected chi connectivity index (χ2v) is 12.5. The Bertz CT molecular complexity index is 1850. The summed E-state index contributed by atoms with van der Waals surface area (Å²) in [6.45, 7) is 10.8. The molecule has 0 aliphatic carbocycles. The molecule has 2 aromatic heterocycles. The van der Waals surface area contributed by atoms with Crippen molar-refractivity contribution < 1.29 is 14.2 Å². The number of nitrogens with zero attached hydrogens (tertiary/aromatic N) is 8. The minimum absolute atomic E-state index is 0.0716. The first kappa shape index (κ1) is 31.6. The molecule has 12 nitrogen and oxygen atoms in total. The minimum Gasteiger partial charge on any atom is -0.491 e. The topological polar surface area (TPSA) is 105 Å². The van der Waals surface area contributed by atoms with E-state index in [-0.39, 0.29) is 17.8 Å². The summed E-state index contributed by atoms with van der Waals surface area (Å²) in [7, 11) is 0. The van der Waals surface area contributed by atoms with Gasteiger partial charge in [0.15, 0.2) is 0 Å². The van der Waals surface area contributed by atoms with Gasteiger partial charge >= 0.3 is 5.69 Å². The van der Waals surface area contributed by atoms with E-state index in [1.165, 1.54) is 5.69 Å². The minimum atomic E-state index is -0.983. The summed E-state index contributed by atoms with van der Waals surface area (Å²) in [5.74, 6) is -0.194. The van der Waals surface area contributed by atoms with Crippen LogP contribution >= 0.6 is 0 Å². The summed E-state index contributed by atoms with van der Waals surface area (Å²) in [5, 5.41) is 12.9. The SMILES string of the molecule is CCC(C)n1ncn(-c2ccc(N3CCN(c4ccc(OCC5COC(Cn6nccn6)(c6ccccc6C)O5)cc4)CC3)cc2)c1=O. The normalized spacial score (nSPS) is 20.3. The molecule has 0 radical (unpaired) electrons. The van der Waals surface area contributed by atoms with Crippen LogP contribution in [0.3, 0.4) is 0 Å². The number of benzene rings is 3. The predicted octanol–water partition coefficient (Wildman–Crippen LogP) is 4.58. The van der Waals surface area contributed by atoms with Gasteiger partial charge in [0.2, 0.25) is 5.79 Å². The Morgan fingerprint density at radius 3 is 2.15 bits per heavy atom. The molecular formula is C36H42N8O4. The third-order valence-corrected chi connectivity index (χ3v) is 9.34. The van der Waals surface area contributed by atoms with Gasteiger partial charge in [-0.1, -0.05) is 31.2 Å². The number of aryl methyl sites for hydroxylation is 1. The molecule has 0 amide bonds. The zero-order chi connectivity index (χ0) is 33.1. The Morgan fingerprint density at radius 2 is 1.50 bits per heavy atom. The van der Waals surface area contributed by atoms with Crippen molar-refractivity contribution in [2.75, 3.05) is 49.2 Å². The third kappa shape index (κ3) is 6.45. The monoisotopic (exact) mass is 650 g/mol. The van der Waals surface area contributed by atoms with Crippen molar-refractivity contribution >= 4 is 11.4 Å². The van der Waals surface area contributed by atoms with E-state index in [1.54, 1.807) is 32.8 Å². The predicted molar refractivity (Wildman–Crippen MR) is 183 cm³/mol. The molecule has 0 spiro atoms. The Hall–Kier alpha value is -4.94. The molecule has 2 aliphatic heterocycles. The van der Waals surface area contributed by atoms with Crippen LogP contribution in [0, 0.1) is 6.92 Å². The maximum Gasteiger partial charge on any atom is 0.350 e. The summed E-state index contributed by atoms with van der Waals surface area (Å²) >= 11 is 0.